The maximum atomic E-state index is 12.4. The molecule has 2 N–H and O–H groups in total. The Bertz CT molecular complexity index is 688. The lowest BCUT2D eigenvalue weighted by Gasteiger charge is -2.28. The summed E-state index contributed by atoms with van der Waals surface area (Å²) in [5.74, 6) is 0.487. The molecule has 1 fully saturated rings. The van der Waals surface area contributed by atoms with Crippen LogP contribution in [0.5, 0.6) is 5.75 Å². The summed E-state index contributed by atoms with van der Waals surface area (Å²) in [5.41, 5.74) is 1.10. The average molecular weight is 376 g/mol. The van der Waals surface area contributed by atoms with Gasteiger partial charge in [-0.3, -0.25) is 4.79 Å². The standard InChI is InChI=1S/C20H23ClN2O3/c21-17-6-8-18(9-7-17)26-15-20(24)22-19(16-4-2-1-3-5-16)14-23-10-12-25-13-11-23/h1-9,19H,10-15H2,(H,22,24)/p+1/t19-/m1/s1. The van der Waals surface area contributed by atoms with Gasteiger partial charge in [0.2, 0.25) is 0 Å². The normalized spacial score (nSPS) is 16.0. The number of ether oxygens (including phenoxy) is 2. The fourth-order valence-corrected chi connectivity index (χ4v) is 3.13. The molecule has 138 valence electrons. The van der Waals surface area contributed by atoms with Crippen LogP contribution in [0.25, 0.3) is 0 Å². The predicted octanol–water partition coefficient (Wildman–Crippen LogP) is 1.49. The third kappa shape index (κ3) is 5.73. The van der Waals surface area contributed by atoms with Crippen LogP contribution in [-0.4, -0.2) is 45.4 Å². The monoisotopic (exact) mass is 375 g/mol. The Kier molecular flexibility index (Phi) is 6.89. The third-order valence-corrected chi connectivity index (χ3v) is 4.67. The van der Waals surface area contributed by atoms with E-state index < -0.39 is 0 Å². The Morgan fingerprint density at radius 2 is 1.81 bits per heavy atom. The van der Waals surface area contributed by atoms with Crippen molar-refractivity contribution in [1.29, 1.82) is 0 Å². The molecule has 1 heterocycles. The molecule has 1 saturated heterocycles. The summed E-state index contributed by atoms with van der Waals surface area (Å²) < 4.78 is 11.0. The molecule has 1 amide bonds. The highest BCUT2D eigenvalue weighted by molar-refractivity contribution is 6.30. The van der Waals surface area contributed by atoms with Gasteiger partial charge in [0, 0.05) is 5.02 Å². The van der Waals surface area contributed by atoms with Gasteiger partial charge in [0.05, 0.1) is 13.2 Å². The summed E-state index contributed by atoms with van der Waals surface area (Å²) in [6, 6.07) is 17.0. The molecule has 5 nitrogen and oxygen atoms in total. The van der Waals surface area contributed by atoms with Crippen molar-refractivity contribution >= 4 is 17.5 Å². The highest BCUT2D eigenvalue weighted by Gasteiger charge is 2.23. The van der Waals surface area contributed by atoms with Crippen molar-refractivity contribution in [2.45, 2.75) is 6.04 Å². The van der Waals surface area contributed by atoms with Crippen molar-refractivity contribution in [3.05, 3.63) is 65.2 Å². The second kappa shape index (κ2) is 9.57. The second-order valence-electron chi connectivity index (χ2n) is 6.34. The van der Waals surface area contributed by atoms with E-state index >= 15 is 0 Å². The first-order valence-electron chi connectivity index (χ1n) is 8.85. The van der Waals surface area contributed by atoms with E-state index in [2.05, 4.69) is 5.32 Å². The van der Waals surface area contributed by atoms with E-state index in [1.54, 1.807) is 24.3 Å². The number of quaternary nitrogens is 1. The first kappa shape index (κ1) is 18.7. The van der Waals surface area contributed by atoms with Gasteiger partial charge >= 0.3 is 0 Å². The first-order chi connectivity index (χ1) is 12.7. The van der Waals surface area contributed by atoms with Crippen LogP contribution in [0.2, 0.25) is 5.02 Å². The maximum Gasteiger partial charge on any atom is 0.258 e. The quantitative estimate of drug-likeness (QED) is 0.771. The first-order valence-corrected chi connectivity index (χ1v) is 9.22. The Hall–Kier alpha value is -2.08. The van der Waals surface area contributed by atoms with Crippen LogP contribution in [0.1, 0.15) is 11.6 Å². The van der Waals surface area contributed by atoms with Crippen LogP contribution in [0, 0.1) is 0 Å². The predicted molar refractivity (Wildman–Crippen MR) is 101 cm³/mol. The number of benzene rings is 2. The molecular weight excluding hydrogens is 352 g/mol. The van der Waals surface area contributed by atoms with Gasteiger partial charge in [0.25, 0.3) is 5.91 Å². The van der Waals surface area contributed by atoms with Crippen molar-refractivity contribution < 1.29 is 19.2 Å². The molecule has 2 aromatic carbocycles. The number of halogens is 1. The molecule has 0 bridgehead atoms. The lowest BCUT2D eigenvalue weighted by molar-refractivity contribution is -0.909. The summed E-state index contributed by atoms with van der Waals surface area (Å²) in [4.78, 5) is 13.8. The maximum absolute atomic E-state index is 12.4. The van der Waals surface area contributed by atoms with Gasteiger partial charge in [-0.25, -0.2) is 0 Å². The Morgan fingerprint density at radius 3 is 2.50 bits per heavy atom. The topological polar surface area (TPSA) is 52.0 Å². The number of hydrogen-bond donors (Lipinski definition) is 2. The van der Waals surface area contributed by atoms with Crippen LogP contribution >= 0.6 is 11.6 Å². The average Bonchev–Trinajstić information content (AvgIpc) is 2.68. The van der Waals surface area contributed by atoms with Gasteiger partial charge in [0.15, 0.2) is 6.61 Å². The SMILES string of the molecule is O=C(COc1ccc(Cl)cc1)N[C@H](C[NH+]1CCOCC1)c1ccccc1. The lowest BCUT2D eigenvalue weighted by Crippen LogP contribution is -3.14. The van der Waals surface area contributed by atoms with Crippen LogP contribution in [0.4, 0.5) is 0 Å². The van der Waals surface area contributed by atoms with Crippen LogP contribution < -0.4 is 15.0 Å². The summed E-state index contributed by atoms with van der Waals surface area (Å²) in [6.07, 6.45) is 0. The smallest absolute Gasteiger partial charge is 0.258 e. The van der Waals surface area contributed by atoms with Crippen LogP contribution in [0.3, 0.4) is 0 Å². The number of carbonyl (C=O) groups is 1. The molecule has 0 radical (unpaired) electrons. The summed E-state index contributed by atoms with van der Waals surface area (Å²) in [5, 5.41) is 3.75. The van der Waals surface area contributed by atoms with E-state index in [-0.39, 0.29) is 18.6 Å². The van der Waals surface area contributed by atoms with E-state index in [4.69, 9.17) is 21.1 Å². The number of carbonyl (C=O) groups excluding carboxylic acids is 1. The number of amides is 1. The second-order valence-corrected chi connectivity index (χ2v) is 6.78. The van der Waals surface area contributed by atoms with Gasteiger partial charge in [-0.2, -0.15) is 0 Å². The van der Waals surface area contributed by atoms with Gasteiger partial charge in [0.1, 0.15) is 31.4 Å². The summed E-state index contributed by atoms with van der Waals surface area (Å²) in [6.45, 7) is 4.26. The minimum atomic E-state index is -0.138. The van der Waals surface area contributed by atoms with Crippen LogP contribution in [-0.2, 0) is 9.53 Å². The molecule has 0 spiro atoms. The van der Waals surface area contributed by atoms with Crippen LogP contribution in [0.15, 0.2) is 54.6 Å². The van der Waals surface area contributed by atoms with Gasteiger partial charge in [-0.15, -0.1) is 0 Å². The van der Waals surface area contributed by atoms with Gasteiger partial charge in [-0.05, 0) is 29.8 Å². The summed E-state index contributed by atoms with van der Waals surface area (Å²) in [7, 11) is 0. The number of hydrogen-bond acceptors (Lipinski definition) is 3. The zero-order valence-corrected chi connectivity index (χ0v) is 15.4. The van der Waals surface area contributed by atoms with E-state index in [0.717, 1.165) is 38.4 Å². The molecule has 3 rings (SSSR count). The van der Waals surface area contributed by atoms with Crippen molar-refractivity contribution in [3.63, 3.8) is 0 Å². The Balaban J connectivity index is 1.58. The molecule has 1 atom stereocenters. The van der Waals surface area contributed by atoms with Crippen molar-refractivity contribution in [2.75, 3.05) is 39.5 Å². The lowest BCUT2D eigenvalue weighted by atomic mass is 10.1. The van der Waals surface area contributed by atoms with Gasteiger partial charge < -0.3 is 19.7 Å². The zero-order chi connectivity index (χ0) is 18.2. The van der Waals surface area contributed by atoms with E-state index in [1.807, 2.05) is 30.3 Å². The molecule has 0 aromatic heterocycles. The fourth-order valence-electron chi connectivity index (χ4n) is 3.01. The summed E-state index contributed by atoms with van der Waals surface area (Å²) >= 11 is 5.86. The molecule has 0 saturated carbocycles. The number of rotatable bonds is 7. The Labute approximate surface area is 158 Å². The minimum absolute atomic E-state index is 0.0244. The third-order valence-electron chi connectivity index (χ3n) is 4.41. The number of morpholine rings is 1. The molecule has 1 aliphatic rings. The fraction of sp³-hybridized carbons (Fsp3) is 0.350. The molecule has 26 heavy (non-hydrogen) atoms. The molecular formula is C20H24ClN2O3+. The zero-order valence-electron chi connectivity index (χ0n) is 14.6. The van der Waals surface area contributed by atoms with Gasteiger partial charge in [-0.1, -0.05) is 41.9 Å². The minimum Gasteiger partial charge on any atom is -0.484 e. The molecule has 1 aliphatic heterocycles. The number of nitrogens with one attached hydrogen (secondary N) is 2. The van der Waals surface area contributed by atoms with E-state index in [9.17, 15) is 4.79 Å². The van der Waals surface area contributed by atoms with E-state index in [0.29, 0.717) is 10.8 Å². The molecule has 2 aromatic rings. The molecule has 0 unspecified atom stereocenters. The largest absolute Gasteiger partial charge is 0.484 e. The van der Waals surface area contributed by atoms with Crippen molar-refractivity contribution in [3.8, 4) is 5.75 Å². The molecule has 6 heteroatoms. The van der Waals surface area contributed by atoms with Crippen molar-refractivity contribution in [2.24, 2.45) is 0 Å². The van der Waals surface area contributed by atoms with E-state index in [1.165, 1.54) is 4.90 Å². The van der Waals surface area contributed by atoms with Crippen molar-refractivity contribution in [1.82, 2.24) is 5.32 Å². The highest BCUT2D eigenvalue weighted by Crippen LogP contribution is 2.15. The Morgan fingerprint density at radius 1 is 1.12 bits per heavy atom. The highest BCUT2D eigenvalue weighted by atomic mass is 35.5. The molecule has 0 aliphatic carbocycles.